The van der Waals surface area contributed by atoms with Gasteiger partial charge in [0.25, 0.3) is 0 Å². The third-order valence-electron chi connectivity index (χ3n) is 20.2. The van der Waals surface area contributed by atoms with Crippen molar-refractivity contribution in [1.82, 2.24) is 90.4 Å². The molecule has 1 aliphatic heterocycles. The molecule has 2 aliphatic rings. The maximum absolute atomic E-state index is 15.3. The van der Waals surface area contributed by atoms with Gasteiger partial charge in [-0.3, -0.25) is 88.1 Å². The van der Waals surface area contributed by atoms with Gasteiger partial charge in [0, 0.05) is 44.0 Å². The van der Waals surface area contributed by atoms with Crippen molar-refractivity contribution in [2.24, 2.45) is 40.7 Å². The van der Waals surface area contributed by atoms with E-state index in [1.54, 1.807) is 74.5 Å². The van der Waals surface area contributed by atoms with Crippen molar-refractivity contribution in [3.05, 3.63) is 71.8 Å². The van der Waals surface area contributed by atoms with Gasteiger partial charge in [0.2, 0.25) is 82.7 Å². The lowest BCUT2D eigenvalue weighted by Crippen LogP contribution is -2.62. The Morgan fingerprint density at radius 3 is 1.53 bits per heavy atom. The number of amides is 14. The lowest BCUT2D eigenvalue weighted by molar-refractivity contribution is -0.142. The Hall–Kier alpha value is -11.7. The molecule has 2 fully saturated rings. The predicted molar refractivity (Wildman–Crippen MR) is 454 cm³/mol. The highest BCUT2D eigenvalue weighted by Crippen LogP contribution is 2.29. The molecule has 1 saturated carbocycles. The van der Waals surface area contributed by atoms with E-state index in [9.17, 15) is 73.2 Å². The Labute approximate surface area is 719 Å². The van der Waals surface area contributed by atoms with Crippen LogP contribution in [-0.2, 0) is 89.6 Å². The molecule has 0 aromatic heterocycles. The third-order valence-corrected chi connectivity index (χ3v) is 22.7. The van der Waals surface area contributed by atoms with Crippen LogP contribution in [-0.4, -0.2) is 269 Å². The first-order valence-electron chi connectivity index (χ1n) is 40.6. The van der Waals surface area contributed by atoms with Gasteiger partial charge >= 0.3 is 11.9 Å². The van der Waals surface area contributed by atoms with Crippen molar-refractivity contribution < 1.29 is 97.1 Å². The highest BCUT2D eigenvalue weighted by Gasteiger charge is 2.40. The molecular weight excluding hydrogens is 1650 g/mol. The summed E-state index contributed by atoms with van der Waals surface area (Å²) >= 11 is 0. The third kappa shape index (κ3) is 39.0. The number of aliphatic hydroxyl groups excluding tert-OH is 2. The van der Waals surface area contributed by atoms with Crippen LogP contribution in [0.25, 0.3) is 0 Å². The van der Waals surface area contributed by atoms with Gasteiger partial charge < -0.3 is 134 Å². The van der Waals surface area contributed by atoms with Crippen LogP contribution in [0, 0.1) is 34.0 Å². The maximum atomic E-state index is 15.3. The molecule has 1 heterocycles. The van der Waals surface area contributed by atoms with E-state index in [4.69, 9.17) is 39.2 Å². The van der Waals surface area contributed by atoms with E-state index < -0.39 is 247 Å². The lowest BCUT2D eigenvalue weighted by atomic mass is 9.84. The number of carboxylic acids is 2. The van der Waals surface area contributed by atoms with E-state index in [-0.39, 0.29) is 96.2 Å². The van der Waals surface area contributed by atoms with Crippen LogP contribution in [0.3, 0.4) is 0 Å². The number of carbonyl (C=O) groups is 16. The molecule has 123 heavy (non-hydrogen) atoms. The summed E-state index contributed by atoms with van der Waals surface area (Å²) in [5.74, 6) is -22.3. The molecule has 0 spiro atoms. The van der Waals surface area contributed by atoms with E-state index in [1.807, 2.05) is 0 Å². The molecular formula is C77H122N24O20S2. The number of nitrogens with one attached hydrogen (secondary N) is 20. The summed E-state index contributed by atoms with van der Waals surface area (Å²) in [6.07, 6.45) is 1.41. The van der Waals surface area contributed by atoms with E-state index in [0.717, 1.165) is 40.9 Å². The van der Waals surface area contributed by atoms with Gasteiger partial charge in [-0.15, -0.1) is 0 Å². The zero-order chi connectivity index (χ0) is 91.3. The topological polar surface area (TPSA) is 734 Å². The van der Waals surface area contributed by atoms with Gasteiger partial charge in [0.15, 0.2) is 17.9 Å². The zero-order valence-corrected chi connectivity index (χ0v) is 71.0. The molecule has 2 aromatic carbocycles. The van der Waals surface area contributed by atoms with E-state index in [1.165, 1.54) is 13.8 Å². The second-order valence-electron chi connectivity index (χ2n) is 30.0. The van der Waals surface area contributed by atoms with Gasteiger partial charge in [0.05, 0.1) is 32.7 Å². The van der Waals surface area contributed by atoms with Gasteiger partial charge in [-0.25, -0.2) is 4.79 Å². The van der Waals surface area contributed by atoms with Crippen LogP contribution in [0.2, 0.25) is 0 Å². The number of benzene rings is 2. The standard InChI is InChI=1S/C77H122N24O20S2/c1-5-41(3)60-72(118)96-53(34-59(106)107)68(114)91-48(26-17-29-86-76(81)82)65(111)101-61(42(4)6-2)73(119)99-56(71(117)94-51(32-44-21-12-8-13-22-44)66(112)92-49(74(120)121)27-18-30-87-77(83)84)40-123-122-39-55(98-69(115)54(38-103)97-62(108)46(78)37-102)70(116)95-52(33-45-23-14-9-15-24-45)67(113)93-50(31-43-19-10-7-11-20-43)63(109)89-35-57(104)88-36-58(105)90-47(64(110)100-60)25-16-28-85-75(79)80/h7-8,10-13,19-22,41-42,45-56,60-61,102-103H,5-6,9,14-18,23-40,78H2,1-4H3,(H,88,104)(H,89,109)(H,90,105)(H,91,114)(H,92,112)(H,93,113)(H,94,117)(H,95,116)(H,96,118)(H,97,108)(H,98,115)(H,99,119)(H,100,110)(H,101,111)(H,106,107)(H,120,121)(H4,79,80,85)(H4,81,82,86)(H4,83,84,87)/t41-,42-,46-,47?,48-,49-,50-,51-,52?,53?,54-,55-,56-,60-,61?/m0/s1. The molecule has 46 heteroatoms. The Kier molecular flexibility index (Phi) is 46.7. The molecule has 15 atom stereocenters. The largest absolute Gasteiger partial charge is 0.481 e. The Morgan fingerprint density at radius 1 is 0.504 bits per heavy atom. The minimum Gasteiger partial charge on any atom is -0.481 e. The molecule has 682 valence electrons. The molecule has 1 saturated heterocycles. The van der Waals surface area contributed by atoms with Crippen molar-refractivity contribution in [3.63, 3.8) is 0 Å². The van der Waals surface area contributed by atoms with Gasteiger partial charge in [-0.2, -0.15) is 0 Å². The van der Waals surface area contributed by atoms with Crippen molar-refractivity contribution in [1.29, 1.82) is 16.2 Å². The number of nitrogens with two attached hydrogens (primary N) is 4. The molecule has 14 amide bonds. The molecule has 0 radical (unpaired) electrons. The van der Waals surface area contributed by atoms with Crippen LogP contribution in [0.4, 0.5) is 0 Å². The first-order chi connectivity index (χ1) is 58.5. The number of carbonyl (C=O) groups excluding carboxylic acids is 14. The molecule has 44 nitrogen and oxygen atoms in total. The molecule has 2 aromatic rings. The smallest absolute Gasteiger partial charge is 0.326 e. The number of carboxylic acid groups (broad SMARTS) is 2. The number of hydrogen-bond acceptors (Lipinski definition) is 24. The fraction of sp³-hybridized carbons (Fsp3) is 0.597. The highest BCUT2D eigenvalue weighted by atomic mass is 33.1. The Morgan fingerprint density at radius 2 is 0.992 bits per heavy atom. The van der Waals surface area contributed by atoms with E-state index in [0.29, 0.717) is 24.0 Å². The Balaban J connectivity index is 2.01. The number of aliphatic hydroxyl groups is 2. The van der Waals surface area contributed by atoms with E-state index in [2.05, 4.69) is 90.4 Å². The van der Waals surface area contributed by atoms with Crippen LogP contribution in [0.5, 0.6) is 0 Å². The van der Waals surface area contributed by atoms with Crippen molar-refractivity contribution in [3.8, 4) is 0 Å². The fourth-order valence-electron chi connectivity index (χ4n) is 12.9. The zero-order valence-electron chi connectivity index (χ0n) is 69.3. The number of rotatable bonds is 35. The quantitative estimate of drug-likeness (QED) is 0.0132. The second-order valence-corrected chi connectivity index (χ2v) is 32.5. The molecule has 1 aliphatic carbocycles. The molecule has 4 unspecified atom stereocenters. The first-order valence-corrected chi connectivity index (χ1v) is 43.1. The summed E-state index contributed by atoms with van der Waals surface area (Å²) in [5, 5.41) is 107. The summed E-state index contributed by atoms with van der Waals surface area (Å²) in [4.78, 5) is 229. The summed E-state index contributed by atoms with van der Waals surface area (Å²) < 4.78 is 0. The van der Waals surface area contributed by atoms with Gasteiger partial charge in [0.1, 0.15) is 78.5 Å². The second kappa shape index (κ2) is 55.4. The summed E-state index contributed by atoms with van der Waals surface area (Å²) in [6.45, 7) is 2.66. The highest BCUT2D eigenvalue weighted by molar-refractivity contribution is 8.76. The number of hydrogen-bond donors (Lipinski definition) is 28. The maximum Gasteiger partial charge on any atom is 0.326 e. The van der Waals surface area contributed by atoms with Gasteiger partial charge in [-0.05, 0) is 73.8 Å². The first kappa shape index (κ1) is 104. The fourth-order valence-corrected chi connectivity index (χ4v) is 15.2. The predicted octanol–water partition coefficient (Wildman–Crippen LogP) is -6.36. The van der Waals surface area contributed by atoms with Crippen molar-refractivity contribution >= 4 is 134 Å². The lowest BCUT2D eigenvalue weighted by Gasteiger charge is -2.30. The van der Waals surface area contributed by atoms with Crippen LogP contribution < -0.4 is 113 Å². The van der Waals surface area contributed by atoms with Crippen LogP contribution in [0.1, 0.15) is 135 Å². The number of guanidine groups is 3. The van der Waals surface area contributed by atoms with Gasteiger partial charge in [-0.1, -0.05) is 155 Å². The summed E-state index contributed by atoms with van der Waals surface area (Å²) in [6, 6.07) is -5.33. The summed E-state index contributed by atoms with van der Waals surface area (Å²) in [7, 11) is 1.54. The minimum absolute atomic E-state index is 0.00543. The average molecular weight is 1770 g/mol. The minimum atomic E-state index is -2.03. The summed E-state index contributed by atoms with van der Waals surface area (Å²) in [5.41, 5.74) is 23.2. The SMILES string of the molecule is CC[C@H](C)C1NC(=O)[C@H](CCCNC(=N)N)NC(=O)C(CC(=O)O)NC(=O)[C@H]([C@@H](C)CC)NC(=O)C(CCCNC(=N)N)NC(=O)CNC(=O)CNC(=O)[C@H](Cc2ccccc2)NC(=O)C(CC2CCCCC2)NC(=O)[C@@H](NC(=O)[C@H](CO)NC(=O)[C@@H](N)CO)CSSC[C@@H](C(=O)N[C@@H](Cc2ccccc2)C(=O)N[C@@H](CCCNC(=N)N)C(=O)O)NC1=O. The normalized spacial score (nSPS) is 22.3. The average Bonchev–Trinajstić information content (AvgIpc) is 0.858. The van der Waals surface area contributed by atoms with Crippen molar-refractivity contribution in [2.45, 2.75) is 215 Å². The molecule has 0 bridgehead atoms. The Bertz CT molecular complexity index is 3910. The van der Waals surface area contributed by atoms with E-state index >= 15 is 24.0 Å². The number of aliphatic carboxylic acids is 2. The van der Waals surface area contributed by atoms with Crippen LogP contribution in [0.15, 0.2) is 60.7 Å². The molecule has 32 N–H and O–H groups in total. The van der Waals surface area contributed by atoms with Crippen LogP contribution >= 0.6 is 21.6 Å². The monoisotopic (exact) mass is 1770 g/mol. The van der Waals surface area contributed by atoms with Crippen molar-refractivity contribution in [2.75, 3.05) is 57.4 Å². The molecule has 4 rings (SSSR count).